The molecular formula is C12H17N. The predicted molar refractivity (Wildman–Crippen MR) is 56.6 cm³/mol. The van der Waals surface area contributed by atoms with E-state index in [1.54, 1.807) is 0 Å². The Morgan fingerprint density at radius 2 is 2.23 bits per heavy atom. The molecule has 0 bridgehead atoms. The van der Waals surface area contributed by atoms with Gasteiger partial charge in [0.15, 0.2) is 0 Å². The Kier molecular flexibility index (Phi) is 2.12. The Labute approximate surface area is 80.4 Å². The lowest BCUT2D eigenvalue weighted by molar-refractivity contribution is 0.256. The molecule has 1 saturated carbocycles. The van der Waals surface area contributed by atoms with Crippen molar-refractivity contribution in [3.8, 4) is 0 Å². The van der Waals surface area contributed by atoms with Gasteiger partial charge in [-0.15, -0.1) is 0 Å². The fraction of sp³-hybridized carbons (Fsp3) is 0.500. The minimum absolute atomic E-state index is 0.572. The first-order valence-electron chi connectivity index (χ1n) is 4.93. The first kappa shape index (κ1) is 8.76. The van der Waals surface area contributed by atoms with Crippen LogP contribution in [0, 0.1) is 0 Å². The van der Waals surface area contributed by atoms with Gasteiger partial charge in [0, 0.05) is 12.6 Å². The highest BCUT2D eigenvalue weighted by Crippen LogP contribution is 2.35. The van der Waals surface area contributed by atoms with E-state index in [4.69, 9.17) is 0 Å². The van der Waals surface area contributed by atoms with E-state index >= 15 is 0 Å². The van der Waals surface area contributed by atoms with Gasteiger partial charge in [0.2, 0.25) is 0 Å². The van der Waals surface area contributed by atoms with Crippen molar-refractivity contribution in [2.75, 3.05) is 13.6 Å². The smallest absolute Gasteiger partial charge is 0.0381 e. The zero-order chi connectivity index (χ0) is 9.42. The fourth-order valence-corrected chi connectivity index (χ4v) is 2.35. The van der Waals surface area contributed by atoms with Crippen molar-refractivity contribution >= 4 is 0 Å². The molecule has 0 aromatic carbocycles. The van der Waals surface area contributed by atoms with Crippen molar-refractivity contribution in [2.45, 2.75) is 25.3 Å². The van der Waals surface area contributed by atoms with Gasteiger partial charge < -0.3 is 0 Å². The topological polar surface area (TPSA) is 3.24 Å². The SMILES string of the molecule is C=C1CC(=C)C2=CCCN(C)[C@@H]2C1. The van der Waals surface area contributed by atoms with Gasteiger partial charge in [0.25, 0.3) is 0 Å². The number of hydrogen-bond acceptors (Lipinski definition) is 1. The molecule has 0 aromatic heterocycles. The maximum Gasteiger partial charge on any atom is 0.0381 e. The molecule has 1 heteroatoms. The summed E-state index contributed by atoms with van der Waals surface area (Å²) in [6.45, 7) is 9.38. The van der Waals surface area contributed by atoms with Gasteiger partial charge in [-0.3, -0.25) is 4.90 Å². The molecule has 0 spiro atoms. The van der Waals surface area contributed by atoms with Gasteiger partial charge in [-0.2, -0.15) is 0 Å². The van der Waals surface area contributed by atoms with Crippen molar-refractivity contribution in [1.29, 1.82) is 0 Å². The van der Waals surface area contributed by atoms with Crippen LogP contribution in [0.15, 0.2) is 36.0 Å². The molecule has 1 aliphatic heterocycles. The molecule has 1 atom stereocenters. The zero-order valence-corrected chi connectivity index (χ0v) is 8.34. The normalized spacial score (nSPS) is 29.9. The molecule has 1 fully saturated rings. The summed E-state index contributed by atoms with van der Waals surface area (Å²) in [6, 6.07) is 0.572. The fourth-order valence-electron chi connectivity index (χ4n) is 2.35. The average Bonchev–Trinajstić information content (AvgIpc) is 2.07. The molecule has 0 unspecified atom stereocenters. The highest BCUT2D eigenvalue weighted by Gasteiger charge is 2.28. The van der Waals surface area contributed by atoms with Crippen molar-refractivity contribution in [1.82, 2.24) is 4.90 Å². The Morgan fingerprint density at radius 1 is 1.46 bits per heavy atom. The lowest BCUT2D eigenvalue weighted by Gasteiger charge is -2.38. The van der Waals surface area contributed by atoms with Crippen molar-refractivity contribution in [3.63, 3.8) is 0 Å². The quantitative estimate of drug-likeness (QED) is 0.511. The summed E-state index contributed by atoms with van der Waals surface area (Å²) in [5.74, 6) is 0. The molecule has 0 aromatic rings. The van der Waals surface area contributed by atoms with Crippen molar-refractivity contribution < 1.29 is 0 Å². The molecule has 2 rings (SSSR count). The molecule has 1 heterocycles. The second-order valence-corrected chi connectivity index (χ2v) is 4.18. The summed E-state index contributed by atoms with van der Waals surface area (Å²) < 4.78 is 0. The highest BCUT2D eigenvalue weighted by atomic mass is 15.1. The van der Waals surface area contributed by atoms with Crippen molar-refractivity contribution in [2.24, 2.45) is 0 Å². The summed E-state index contributed by atoms with van der Waals surface area (Å²) >= 11 is 0. The molecular weight excluding hydrogens is 158 g/mol. The van der Waals surface area contributed by atoms with Gasteiger partial charge in [-0.1, -0.05) is 24.8 Å². The highest BCUT2D eigenvalue weighted by molar-refractivity contribution is 5.42. The first-order chi connectivity index (χ1) is 6.18. The van der Waals surface area contributed by atoms with Gasteiger partial charge in [-0.05, 0) is 37.5 Å². The van der Waals surface area contributed by atoms with E-state index in [0.29, 0.717) is 6.04 Å². The number of rotatable bonds is 0. The van der Waals surface area contributed by atoms with Crippen LogP contribution in [0.2, 0.25) is 0 Å². The number of fused-ring (bicyclic) bond motifs is 1. The van der Waals surface area contributed by atoms with E-state index in [0.717, 1.165) is 12.8 Å². The Hall–Kier alpha value is -0.820. The van der Waals surface area contributed by atoms with Gasteiger partial charge in [-0.25, -0.2) is 0 Å². The van der Waals surface area contributed by atoms with Crippen molar-refractivity contribution in [3.05, 3.63) is 36.0 Å². The van der Waals surface area contributed by atoms with E-state index in [1.807, 2.05) is 0 Å². The Morgan fingerprint density at radius 3 is 3.00 bits per heavy atom. The van der Waals surface area contributed by atoms with E-state index in [1.165, 1.54) is 29.7 Å². The van der Waals surface area contributed by atoms with Crippen LogP contribution >= 0.6 is 0 Å². The van der Waals surface area contributed by atoms with E-state index in [9.17, 15) is 0 Å². The molecule has 0 amide bonds. The van der Waals surface area contributed by atoms with E-state index in [-0.39, 0.29) is 0 Å². The lowest BCUT2D eigenvalue weighted by Crippen LogP contribution is -2.39. The minimum Gasteiger partial charge on any atom is -0.299 e. The average molecular weight is 175 g/mol. The van der Waals surface area contributed by atoms with E-state index < -0.39 is 0 Å². The Bertz CT molecular complexity index is 285. The number of likely N-dealkylation sites (N-methyl/N-ethyl adjacent to an activating group) is 1. The van der Waals surface area contributed by atoms with Gasteiger partial charge >= 0.3 is 0 Å². The second kappa shape index (κ2) is 3.15. The molecule has 0 radical (unpaired) electrons. The summed E-state index contributed by atoms with van der Waals surface area (Å²) in [6.07, 6.45) is 5.67. The van der Waals surface area contributed by atoms with Crippen LogP contribution < -0.4 is 0 Å². The summed E-state index contributed by atoms with van der Waals surface area (Å²) in [4.78, 5) is 2.42. The summed E-state index contributed by atoms with van der Waals surface area (Å²) in [5.41, 5.74) is 4.09. The van der Waals surface area contributed by atoms with Crippen LogP contribution in [0.25, 0.3) is 0 Å². The zero-order valence-electron chi connectivity index (χ0n) is 8.34. The molecule has 70 valence electrons. The third kappa shape index (κ3) is 1.49. The molecule has 2 aliphatic rings. The Balaban J connectivity index is 2.29. The third-order valence-corrected chi connectivity index (χ3v) is 3.09. The van der Waals surface area contributed by atoms with Crippen LogP contribution in [-0.2, 0) is 0 Å². The molecule has 0 N–H and O–H groups in total. The number of nitrogens with zero attached hydrogens (tertiary/aromatic N) is 1. The molecule has 0 saturated heterocycles. The third-order valence-electron chi connectivity index (χ3n) is 3.09. The largest absolute Gasteiger partial charge is 0.299 e. The summed E-state index contributed by atoms with van der Waals surface area (Å²) in [5, 5.41) is 0. The lowest BCUT2D eigenvalue weighted by atomic mass is 9.81. The van der Waals surface area contributed by atoms with Crippen LogP contribution in [0.4, 0.5) is 0 Å². The predicted octanol–water partition coefficient (Wildman–Crippen LogP) is 2.52. The van der Waals surface area contributed by atoms with Crippen LogP contribution in [0.1, 0.15) is 19.3 Å². The monoisotopic (exact) mass is 175 g/mol. The molecule has 1 nitrogen and oxygen atoms in total. The van der Waals surface area contributed by atoms with Crippen LogP contribution in [0.5, 0.6) is 0 Å². The maximum atomic E-state index is 4.13. The number of hydrogen-bond donors (Lipinski definition) is 0. The van der Waals surface area contributed by atoms with Crippen LogP contribution in [0.3, 0.4) is 0 Å². The summed E-state index contributed by atoms with van der Waals surface area (Å²) in [7, 11) is 2.20. The standard InChI is InChI=1S/C12H17N/c1-9-7-10(2)11-5-4-6-13(3)12(11)8-9/h5,12H,1-2,4,6-8H2,3H3/t12-/m1/s1. The van der Waals surface area contributed by atoms with Gasteiger partial charge in [0.05, 0.1) is 0 Å². The molecule has 13 heavy (non-hydrogen) atoms. The van der Waals surface area contributed by atoms with Gasteiger partial charge in [0.1, 0.15) is 0 Å². The second-order valence-electron chi connectivity index (χ2n) is 4.18. The van der Waals surface area contributed by atoms with Crippen LogP contribution in [-0.4, -0.2) is 24.5 Å². The minimum atomic E-state index is 0.572. The molecule has 1 aliphatic carbocycles. The first-order valence-corrected chi connectivity index (χ1v) is 4.93. The van der Waals surface area contributed by atoms with E-state index in [2.05, 4.69) is 31.2 Å². The maximum absolute atomic E-state index is 4.13.